The van der Waals surface area contributed by atoms with E-state index in [1.54, 1.807) is 11.3 Å². The molecule has 5 heteroatoms. The van der Waals surface area contributed by atoms with Gasteiger partial charge in [-0.3, -0.25) is 0 Å². The molecule has 2 saturated carbocycles. The summed E-state index contributed by atoms with van der Waals surface area (Å²) in [5.41, 5.74) is 2.10. The van der Waals surface area contributed by atoms with Crippen LogP contribution in [0.2, 0.25) is 0 Å². The van der Waals surface area contributed by atoms with Gasteiger partial charge in [0.25, 0.3) is 0 Å². The summed E-state index contributed by atoms with van der Waals surface area (Å²) >= 11 is 1.74. The Bertz CT molecular complexity index is 1040. The second-order valence-corrected chi connectivity index (χ2v) is 12.5. The zero-order valence-corrected chi connectivity index (χ0v) is 24.2. The maximum absolute atomic E-state index is 10.7. The third kappa shape index (κ3) is 5.82. The number of rotatable bonds is 1. The third-order valence-corrected chi connectivity index (χ3v) is 9.01. The van der Waals surface area contributed by atoms with E-state index in [9.17, 15) is 10.2 Å². The first-order valence-corrected chi connectivity index (χ1v) is 13.1. The van der Waals surface area contributed by atoms with Crippen molar-refractivity contribution in [3.05, 3.63) is 54.2 Å². The molecule has 3 nitrogen and oxygen atoms in total. The van der Waals surface area contributed by atoms with Crippen molar-refractivity contribution in [1.82, 2.24) is 4.98 Å². The van der Waals surface area contributed by atoms with E-state index in [0.717, 1.165) is 23.4 Å². The molecule has 2 aliphatic rings. The fourth-order valence-corrected chi connectivity index (χ4v) is 6.55. The Kier molecular flexibility index (Phi) is 8.80. The first kappa shape index (κ1) is 27.5. The Labute approximate surface area is 222 Å². The van der Waals surface area contributed by atoms with Crippen molar-refractivity contribution in [2.24, 2.45) is 22.7 Å². The van der Waals surface area contributed by atoms with Crippen molar-refractivity contribution in [3.63, 3.8) is 0 Å². The van der Waals surface area contributed by atoms with Crippen LogP contribution in [0.4, 0.5) is 0 Å². The summed E-state index contributed by atoms with van der Waals surface area (Å²) in [7, 11) is 0. The minimum atomic E-state index is -0.357. The molecule has 2 N–H and O–H groups in total. The molecule has 2 aromatic heterocycles. The number of fused-ring (bicyclic) bond motifs is 2. The van der Waals surface area contributed by atoms with Crippen LogP contribution in [-0.2, 0) is 20.1 Å². The summed E-state index contributed by atoms with van der Waals surface area (Å²) in [6.45, 7) is 10.6. The van der Waals surface area contributed by atoms with Crippen molar-refractivity contribution in [2.75, 3.05) is 0 Å². The van der Waals surface area contributed by atoms with Gasteiger partial charge in [0.1, 0.15) is 0 Å². The molecule has 4 unspecified atom stereocenters. The standard InChI is InChI=1S/C15H28O2.C14H10NS.Ir/c1-14(2)8-5-6-10-7-9-15(3,4)13(17)11(10)12(14)16;1-10-6-7-12(15-9-10)14-8-11-4-2-3-5-13(11)16-14;/h10-13,16-17H,5-9H2,1-4H3;2-7,9H,1H3;/q;-1;. The van der Waals surface area contributed by atoms with Crippen molar-refractivity contribution >= 4 is 21.4 Å². The van der Waals surface area contributed by atoms with Crippen molar-refractivity contribution in [3.8, 4) is 10.6 Å². The van der Waals surface area contributed by atoms with Crippen LogP contribution in [-0.4, -0.2) is 27.4 Å². The van der Waals surface area contributed by atoms with E-state index in [1.807, 2.05) is 19.2 Å². The molecule has 0 amide bonds. The molecule has 3 aromatic rings. The van der Waals surface area contributed by atoms with Crippen LogP contribution in [0.3, 0.4) is 0 Å². The molecule has 0 bridgehead atoms. The van der Waals surface area contributed by atoms with E-state index in [2.05, 4.69) is 69.1 Å². The van der Waals surface area contributed by atoms with Gasteiger partial charge < -0.3 is 15.2 Å². The minimum Gasteiger partial charge on any atom is -0.392 e. The molecule has 1 aromatic carbocycles. The third-order valence-electron chi connectivity index (χ3n) is 7.92. The van der Waals surface area contributed by atoms with Crippen LogP contribution in [0.15, 0.2) is 42.6 Å². The van der Waals surface area contributed by atoms with E-state index in [1.165, 1.54) is 34.9 Å². The summed E-state index contributed by atoms with van der Waals surface area (Å²) < 4.78 is 1.26. The van der Waals surface area contributed by atoms with Crippen LogP contribution in [0.1, 0.15) is 65.4 Å². The van der Waals surface area contributed by atoms with Crippen LogP contribution in [0, 0.1) is 35.7 Å². The predicted molar refractivity (Wildman–Crippen MR) is 138 cm³/mol. The molecule has 0 aliphatic heterocycles. The zero-order valence-electron chi connectivity index (χ0n) is 21.0. The van der Waals surface area contributed by atoms with Gasteiger partial charge in [0.15, 0.2) is 0 Å². The van der Waals surface area contributed by atoms with Gasteiger partial charge in [-0.2, -0.15) is 0 Å². The quantitative estimate of drug-likeness (QED) is 0.277. The van der Waals surface area contributed by atoms with Crippen LogP contribution < -0.4 is 0 Å². The van der Waals surface area contributed by atoms with Gasteiger partial charge in [-0.25, -0.2) is 11.3 Å². The minimum absolute atomic E-state index is 0. The summed E-state index contributed by atoms with van der Waals surface area (Å²) in [5.74, 6) is 0.603. The maximum Gasteiger partial charge on any atom is 0.0646 e. The number of pyridine rings is 1. The Morgan fingerprint density at radius 2 is 1.62 bits per heavy atom. The van der Waals surface area contributed by atoms with Gasteiger partial charge in [0.05, 0.1) is 12.2 Å². The Hall–Kier alpha value is -1.10. The van der Waals surface area contributed by atoms with Gasteiger partial charge in [0.2, 0.25) is 0 Å². The Morgan fingerprint density at radius 3 is 2.26 bits per heavy atom. The molecular formula is C29H38IrNO2S-. The van der Waals surface area contributed by atoms with Crippen LogP contribution in [0.25, 0.3) is 20.7 Å². The van der Waals surface area contributed by atoms with E-state index in [0.29, 0.717) is 5.92 Å². The zero-order chi connectivity index (χ0) is 23.8. The average Bonchev–Trinajstić information content (AvgIpc) is 3.16. The molecule has 4 atom stereocenters. The molecule has 0 saturated heterocycles. The summed E-state index contributed by atoms with van der Waals surface area (Å²) in [4.78, 5) is 5.54. The molecule has 5 rings (SSSR count). The van der Waals surface area contributed by atoms with E-state index >= 15 is 0 Å². The number of hydrogen-bond acceptors (Lipinski definition) is 4. The maximum atomic E-state index is 10.7. The van der Waals surface area contributed by atoms with Crippen molar-refractivity contribution in [2.45, 2.75) is 78.9 Å². The van der Waals surface area contributed by atoms with E-state index < -0.39 is 0 Å². The van der Waals surface area contributed by atoms with Crippen molar-refractivity contribution in [1.29, 1.82) is 0 Å². The van der Waals surface area contributed by atoms with Crippen LogP contribution >= 0.6 is 11.3 Å². The van der Waals surface area contributed by atoms with E-state index in [-0.39, 0.29) is 49.1 Å². The Morgan fingerprint density at radius 1 is 0.941 bits per heavy atom. The molecule has 0 spiro atoms. The summed E-state index contributed by atoms with van der Waals surface area (Å²) in [6.07, 6.45) is 6.89. The molecule has 187 valence electrons. The number of thiophene rings is 1. The number of aromatic nitrogens is 1. The topological polar surface area (TPSA) is 53.4 Å². The molecule has 2 heterocycles. The molecule has 2 aliphatic carbocycles. The monoisotopic (exact) mass is 657 g/mol. The predicted octanol–water partition coefficient (Wildman–Crippen LogP) is 7.04. The Balaban J connectivity index is 0.000000185. The summed E-state index contributed by atoms with van der Waals surface area (Å²) in [6, 6.07) is 15.8. The number of benzene rings is 1. The number of nitrogens with zero attached hydrogens (tertiary/aromatic N) is 1. The number of aryl methyl sites for hydroxylation is 1. The number of aliphatic hydroxyl groups excluding tert-OH is 2. The SMILES string of the molecule is CC1(C)CCCC2CCC(C)(C)C(O)C2C1O.Cc1ccc(-c2[c-]c3ccccc3s2)nc1.[Ir]. The largest absolute Gasteiger partial charge is 0.392 e. The fourth-order valence-electron chi connectivity index (χ4n) is 5.57. The smallest absolute Gasteiger partial charge is 0.0646 e. The molecule has 1 radical (unpaired) electrons. The summed E-state index contributed by atoms with van der Waals surface area (Å²) in [5, 5.41) is 22.4. The molecule has 34 heavy (non-hydrogen) atoms. The van der Waals surface area contributed by atoms with Gasteiger partial charge >= 0.3 is 0 Å². The van der Waals surface area contributed by atoms with Gasteiger partial charge in [-0.15, -0.1) is 23.6 Å². The van der Waals surface area contributed by atoms with Crippen LogP contribution in [0.5, 0.6) is 0 Å². The van der Waals surface area contributed by atoms with Gasteiger partial charge in [-0.05, 0) is 64.5 Å². The average molecular weight is 657 g/mol. The first-order valence-electron chi connectivity index (χ1n) is 12.3. The normalized spacial score (nSPS) is 27.5. The second-order valence-electron chi connectivity index (χ2n) is 11.4. The van der Waals surface area contributed by atoms with Gasteiger partial charge in [0, 0.05) is 37.9 Å². The van der Waals surface area contributed by atoms with Crippen molar-refractivity contribution < 1.29 is 30.3 Å². The van der Waals surface area contributed by atoms with E-state index in [4.69, 9.17) is 0 Å². The fraction of sp³-hybridized carbons (Fsp3) is 0.552. The molecular weight excluding hydrogens is 619 g/mol. The molecule has 2 fully saturated rings. The number of hydrogen-bond donors (Lipinski definition) is 2. The number of aliphatic hydroxyl groups is 2. The second kappa shape index (κ2) is 10.9. The first-order chi connectivity index (χ1) is 15.6. The van der Waals surface area contributed by atoms with Gasteiger partial charge in [-0.1, -0.05) is 58.4 Å².